The third-order valence-corrected chi connectivity index (χ3v) is 3.84. The fourth-order valence-corrected chi connectivity index (χ4v) is 2.65. The first-order chi connectivity index (χ1) is 9.86. The average molecular weight is 309 g/mol. The first-order valence-corrected chi connectivity index (χ1v) is 6.86. The lowest BCUT2D eigenvalue weighted by Crippen LogP contribution is -2.33. The van der Waals surface area contributed by atoms with Crippen molar-refractivity contribution < 1.29 is 14.8 Å². The number of nitrogens with one attached hydrogen (secondary N) is 1. The van der Waals surface area contributed by atoms with Gasteiger partial charge in [-0.1, -0.05) is 11.8 Å². The van der Waals surface area contributed by atoms with Gasteiger partial charge in [0.05, 0.1) is 12.1 Å². The predicted octanol–water partition coefficient (Wildman–Crippen LogP) is 0.974. The molecule has 1 aliphatic rings. The van der Waals surface area contributed by atoms with Crippen molar-refractivity contribution >= 4 is 40.1 Å². The third-order valence-electron chi connectivity index (χ3n) is 2.84. The zero-order valence-electron chi connectivity index (χ0n) is 11.1. The van der Waals surface area contributed by atoms with E-state index >= 15 is 0 Å². The van der Waals surface area contributed by atoms with Gasteiger partial charge in [-0.15, -0.1) is 0 Å². The van der Waals surface area contributed by atoms with Crippen LogP contribution in [0, 0.1) is 12.1 Å². The summed E-state index contributed by atoms with van der Waals surface area (Å²) in [6.07, 6.45) is -0.0146. The second kappa shape index (κ2) is 6.12. The summed E-state index contributed by atoms with van der Waals surface area (Å²) in [6.45, 7) is 1.68. The van der Waals surface area contributed by atoms with Crippen molar-refractivity contribution in [2.75, 3.05) is 10.5 Å². The van der Waals surface area contributed by atoms with Crippen LogP contribution in [-0.4, -0.2) is 27.4 Å². The van der Waals surface area contributed by atoms with E-state index in [1.54, 1.807) is 6.92 Å². The van der Waals surface area contributed by atoms with Crippen LogP contribution in [0.1, 0.15) is 12.0 Å². The van der Waals surface area contributed by atoms with Gasteiger partial charge < -0.3 is 21.5 Å². The smallest absolute Gasteiger partial charge is 0.249 e. The van der Waals surface area contributed by atoms with Gasteiger partial charge in [-0.25, -0.2) is 0 Å². The molecule has 1 heterocycles. The summed E-state index contributed by atoms with van der Waals surface area (Å²) in [4.78, 5) is 27.0. The Balaban J connectivity index is 2.10. The molecule has 9 heteroatoms. The number of rotatable bonds is 3. The molecule has 0 unspecified atom stereocenters. The second-order valence-electron chi connectivity index (χ2n) is 4.42. The summed E-state index contributed by atoms with van der Waals surface area (Å²) >= 11 is 1.03. The van der Waals surface area contributed by atoms with Gasteiger partial charge in [0.25, 0.3) is 0 Å². The molecule has 1 aliphatic heterocycles. The quantitative estimate of drug-likeness (QED) is 0.709. The van der Waals surface area contributed by atoms with Crippen molar-refractivity contribution in [2.24, 2.45) is 10.7 Å². The molecule has 4 N–H and O–H groups in total. The van der Waals surface area contributed by atoms with E-state index in [4.69, 9.17) is 10.9 Å². The van der Waals surface area contributed by atoms with Gasteiger partial charge in [0.15, 0.2) is 5.17 Å². The zero-order chi connectivity index (χ0) is 15.6. The molecule has 0 saturated heterocycles. The lowest BCUT2D eigenvalue weighted by Gasteiger charge is -2.23. The standard InChI is InChI=1S/C12H13N4O4S/c1-6-4-7(16(19)20)2-3-8(6)14-11(18)9-5-10(17)15-12(13)21-9/h2-4,9,19H,5H2,1H3,(H,14,18)(H2,13,15,17)/q-1/t9-/m1/s1. The average Bonchev–Trinajstić information content (AvgIpc) is 2.39. The minimum absolute atomic E-state index is 0.0146. The summed E-state index contributed by atoms with van der Waals surface area (Å²) in [6, 6.07) is 4.29. The molecular weight excluding hydrogens is 296 g/mol. The van der Waals surface area contributed by atoms with E-state index in [1.807, 2.05) is 0 Å². The van der Waals surface area contributed by atoms with Crippen LogP contribution in [0.2, 0.25) is 0 Å². The lowest BCUT2D eigenvalue weighted by molar-refractivity contribution is -0.121. The molecule has 0 saturated carbocycles. The SMILES string of the molecule is Cc1cc(N([O-])O)ccc1NC(=O)[C@H]1CC(=O)N=C(N)S1. The number of nitrogens with zero attached hydrogens (tertiary/aromatic N) is 2. The van der Waals surface area contributed by atoms with Crippen LogP contribution >= 0.6 is 11.8 Å². The predicted molar refractivity (Wildman–Crippen MR) is 80.1 cm³/mol. The second-order valence-corrected chi connectivity index (χ2v) is 5.64. The first kappa shape index (κ1) is 15.3. The van der Waals surface area contributed by atoms with E-state index in [-0.39, 0.29) is 28.4 Å². The Hall–Kier alpha value is -2.10. The number of aryl methyl sites for hydroxylation is 1. The van der Waals surface area contributed by atoms with Gasteiger partial charge in [0.1, 0.15) is 5.25 Å². The van der Waals surface area contributed by atoms with Crippen molar-refractivity contribution in [1.82, 2.24) is 0 Å². The van der Waals surface area contributed by atoms with E-state index < -0.39 is 11.2 Å². The van der Waals surface area contributed by atoms with Gasteiger partial charge in [-0.2, -0.15) is 4.99 Å². The van der Waals surface area contributed by atoms with Crippen molar-refractivity contribution in [2.45, 2.75) is 18.6 Å². The van der Waals surface area contributed by atoms with E-state index in [0.717, 1.165) is 11.8 Å². The largest absolute Gasteiger partial charge is 0.733 e. The highest BCUT2D eigenvalue weighted by Gasteiger charge is 2.28. The van der Waals surface area contributed by atoms with Gasteiger partial charge >= 0.3 is 0 Å². The molecule has 2 amide bonds. The van der Waals surface area contributed by atoms with Crippen molar-refractivity contribution in [3.05, 3.63) is 29.0 Å². The van der Waals surface area contributed by atoms with Crippen LogP contribution in [0.15, 0.2) is 23.2 Å². The number of hydrogen-bond acceptors (Lipinski definition) is 7. The Kier molecular flexibility index (Phi) is 4.46. The normalized spacial score (nSPS) is 18.1. The number of amidine groups is 1. The fourth-order valence-electron chi connectivity index (χ4n) is 1.81. The molecule has 0 fully saturated rings. The molecule has 2 rings (SSSR count). The molecule has 21 heavy (non-hydrogen) atoms. The molecule has 1 aromatic carbocycles. The molecule has 8 nitrogen and oxygen atoms in total. The van der Waals surface area contributed by atoms with Crippen LogP contribution in [0.25, 0.3) is 0 Å². The van der Waals surface area contributed by atoms with Gasteiger partial charge in [0.2, 0.25) is 11.8 Å². The lowest BCUT2D eigenvalue weighted by atomic mass is 10.1. The minimum atomic E-state index is -0.636. The Morgan fingerprint density at radius 1 is 1.62 bits per heavy atom. The molecule has 0 aromatic heterocycles. The van der Waals surface area contributed by atoms with Crippen molar-refractivity contribution in [3.8, 4) is 0 Å². The van der Waals surface area contributed by atoms with E-state index in [2.05, 4.69) is 10.3 Å². The highest BCUT2D eigenvalue weighted by molar-refractivity contribution is 8.15. The van der Waals surface area contributed by atoms with Gasteiger partial charge in [-0.3, -0.25) is 14.8 Å². The van der Waals surface area contributed by atoms with Gasteiger partial charge in [0, 0.05) is 5.69 Å². The Morgan fingerprint density at radius 3 is 2.90 bits per heavy atom. The monoisotopic (exact) mass is 309 g/mol. The van der Waals surface area contributed by atoms with Crippen LogP contribution < -0.4 is 16.3 Å². The molecule has 1 aromatic rings. The summed E-state index contributed by atoms with van der Waals surface area (Å²) in [5, 5.41) is 21.4. The topological polar surface area (TPSA) is 131 Å². The Morgan fingerprint density at radius 2 is 2.33 bits per heavy atom. The number of carbonyl (C=O) groups is 2. The molecule has 0 bridgehead atoms. The Bertz CT molecular complexity index is 617. The molecule has 112 valence electrons. The van der Waals surface area contributed by atoms with Gasteiger partial charge in [-0.05, 0) is 30.7 Å². The fraction of sp³-hybridized carbons (Fsp3) is 0.250. The van der Waals surface area contributed by atoms with Crippen molar-refractivity contribution in [1.29, 1.82) is 0 Å². The number of hydrogen-bond donors (Lipinski definition) is 3. The Labute approximate surface area is 124 Å². The third kappa shape index (κ3) is 3.72. The molecule has 0 spiro atoms. The minimum Gasteiger partial charge on any atom is -0.733 e. The van der Waals surface area contributed by atoms with E-state index in [0.29, 0.717) is 11.3 Å². The summed E-state index contributed by atoms with van der Waals surface area (Å²) in [7, 11) is 0. The first-order valence-electron chi connectivity index (χ1n) is 5.98. The highest BCUT2D eigenvalue weighted by Crippen LogP contribution is 2.25. The number of amides is 2. The van der Waals surface area contributed by atoms with Crippen LogP contribution in [0.5, 0.6) is 0 Å². The number of aliphatic imine (C=N–C) groups is 1. The number of benzene rings is 1. The molecule has 0 aliphatic carbocycles. The number of thioether (sulfide) groups is 1. The van der Waals surface area contributed by atoms with Crippen LogP contribution in [0.3, 0.4) is 0 Å². The summed E-state index contributed by atoms with van der Waals surface area (Å²) in [5.74, 6) is -0.800. The molecule has 1 atom stereocenters. The number of carbonyl (C=O) groups excluding carboxylic acids is 2. The molecule has 0 radical (unpaired) electrons. The highest BCUT2D eigenvalue weighted by atomic mass is 32.2. The number of anilines is 2. The number of nitrogens with two attached hydrogens (primary N) is 1. The van der Waals surface area contributed by atoms with E-state index in [9.17, 15) is 14.8 Å². The maximum Gasteiger partial charge on any atom is 0.249 e. The van der Waals surface area contributed by atoms with E-state index in [1.165, 1.54) is 18.2 Å². The summed E-state index contributed by atoms with van der Waals surface area (Å²) < 4.78 is 0. The van der Waals surface area contributed by atoms with Crippen LogP contribution in [-0.2, 0) is 9.59 Å². The summed E-state index contributed by atoms with van der Waals surface area (Å²) in [5.41, 5.74) is 6.62. The van der Waals surface area contributed by atoms with Crippen LogP contribution in [0.4, 0.5) is 11.4 Å². The molecular formula is C12H13N4O4S-. The maximum atomic E-state index is 12.1. The maximum absolute atomic E-state index is 12.1. The van der Waals surface area contributed by atoms with Crippen molar-refractivity contribution in [3.63, 3.8) is 0 Å². The zero-order valence-corrected chi connectivity index (χ0v) is 11.9.